The second-order valence-electron chi connectivity index (χ2n) is 7.64. The summed E-state index contributed by atoms with van der Waals surface area (Å²) in [5.41, 5.74) is 4.52. The molecular weight excluding hydrogens is 411 g/mol. The van der Waals surface area contributed by atoms with Crippen LogP contribution >= 0.6 is 0 Å². The van der Waals surface area contributed by atoms with Crippen LogP contribution in [0.4, 0.5) is 21.6 Å². The molecule has 0 saturated carbocycles. The van der Waals surface area contributed by atoms with Crippen molar-refractivity contribution in [3.05, 3.63) is 121 Å². The van der Waals surface area contributed by atoms with Crippen LogP contribution in [-0.4, -0.2) is 10.8 Å². The van der Waals surface area contributed by atoms with E-state index in [0.717, 1.165) is 39.1 Å². The van der Waals surface area contributed by atoms with Gasteiger partial charge in [-0.05, 0) is 65.0 Å². The third-order valence-electron chi connectivity index (χ3n) is 5.42. The van der Waals surface area contributed by atoms with Crippen LogP contribution in [0, 0.1) is 11.2 Å². The van der Waals surface area contributed by atoms with Gasteiger partial charge in [-0.25, -0.2) is 9.37 Å². The first-order chi connectivity index (χ1) is 16.2. The van der Waals surface area contributed by atoms with Gasteiger partial charge in [-0.3, -0.25) is 5.41 Å². The average Bonchev–Trinajstić information content (AvgIpc) is 2.85. The van der Waals surface area contributed by atoms with Crippen molar-refractivity contribution in [2.24, 2.45) is 0 Å². The summed E-state index contributed by atoms with van der Waals surface area (Å²) >= 11 is 0. The standard InChI is InChI=1S/C28H21FN4/c29-21-14-12-20(13-15-21)27(30)32-22-8-4-9-23(18-22)33-28-26-11-5-10-24(25(26)16-17-31-28)19-6-2-1-3-7-19/h1-18H,(H2,30,32)(H,31,33). The molecule has 160 valence electrons. The number of fused-ring (bicyclic) bond motifs is 1. The minimum atomic E-state index is -0.323. The minimum Gasteiger partial charge on any atom is -0.340 e. The first-order valence-corrected chi connectivity index (χ1v) is 10.6. The van der Waals surface area contributed by atoms with Crippen LogP contribution in [0.2, 0.25) is 0 Å². The second-order valence-corrected chi connectivity index (χ2v) is 7.64. The molecule has 5 heteroatoms. The molecule has 33 heavy (non-hydrogen) atoms. The van der Waals surface area contributed by atoms with Crippen molar-refractivity contribution < 1.29 is 4.39 Å². The number of hydrogen-bond donors (Lipinski definition) is 3. The van der Waals surface area contributed by atoms with E-state index < -0.39 is 0 Å². The van der Waals surface area contributed by atoms with E-state index >= 15 is 0 Å². The van der Waals surface area contributed by atoms with Gasteiger partial charge < -0.3 is 10.6 Å². The highest BCUT2D eigenvalue weighted by atomic mass is 19.1. The van der Waals surface area contributed by atoms with E-state index in [-0.39, 0.29) is 11.7 Å². The molecule has 0 radical (unpaired) electrons. The van der Waals surface area contributed by atoms with Crippen LogP contribution in [0.15, 0.2) is 109 Å². The number of anilines is 3. The van der Waals surface area contributed by atoms with Gasteiger partial charge in [-0.2, -0.15) is 0 Å². The summed E-state index contributed by atoms with van der Waals surface area (Å²) in [5.74, 6) is 0.634. The summed E-state index contributed by atoms with van der Waals surface area (Å²) in [5, 5.41) is 16.9. The van der Waals surface area contributed by atoms with E-state index in [4.69, 9.17) is 5.41 Å². The normalized spacial score (nSPS) is 10.7. The highest BCUT2D eigenvalue weighted by Crippen LogP contribution is 2.32. The molecule has 0 aliphatic carbocycles. The zero-order valence-electron chi connectivity index (χ0n) is 17.7. The number of hydrogen-bond acceptors (Lipinski definition) is 3. The summed E-state index contributed by atoms with van der Waals surface area (Å²) in [6.45, 7) is 0. The minimum absolute atomic E-state index is 0.197. The Hall–Kier alpha value is -4.51. The third kappa shape index (κ3) is 4.43. The van der Waals surface area contributed by atoms with Gasteiger partial charge in [-0.15, -0.1) is 0 Å². The number of amidine groups is 1. The Morgan fingerprint density at radius 2 is 1.48 bits per heavy atom. The fraction of sp³-hybridized carbons (Fsp3) is 0. The number of aromatic nitrogens is 1. The molecular formula is C28H21FN4. The summed E-state index contributed by atoms with van der Waals surface area (Å²) in [6, 6.07) is 32.1. The number of nitrogens with zero attached hydrogens (tertiary/aromatic N) is 1. The van der Waals surface area contributed by atoms with Gasteiger partial charge in [-0.1, -0.05) is 54.6 Å². The van der Waals surface area contributed by atoms with E-state index in [2.05, 4.69) is 39.9 Å². The van der Waals surface area contributed by atoms with Crippen LogP contribution in [0.3, 0.4) is 0 Å². The smallest absolute Gasteiger partial charge is 0.138 e. The first kappa shape index (κ1) is 20.4. The predicted molar refractivity (Wildman–Crippen MR) is 134 cm³/mol. The Morgan fingerprint density at radius 1 is 0.727 bits per heavy atom. The van der Waals surface area contributed by atoms with Gasteiger partial charge >= 0.3 is 0 Å². The lowest BCUT2D eigenvalue weighted by Crippen LogP contribution is -2.12. The number of pyridine rings is 1. The van der Waals surface area contributed by atoms with Gasteiger partial charge in [0.05, 0.1) is 0 Å². The molecule has 3 N–H and O–H groups in total. The Kier molecular flexibility index (Phi) is 5.52. The van der Waals surface area contributed by atoms with Crippen molar-refractivity contribution in [3.8, 4) is 11.1 Å². The Morgan fingerprint density at radius 3 is 2.30 bits per heavy atom. The van der Waals surface area contributed by atoms with E-state index in [1.165, 1.54) is 12.1 Å². The lowest BCUT2D eigenvalue weighted by atomic mass is 9.99. The maximum absolute atomic E-state index is 13.2. The molecule has 5 rings (SSSR count). The summed E-state index contributed by atoms with van der Waals surface area (Å²) in [7, 11) is 0. The summed E-state index contributed by atoms with van der Waals surface area (Å²) in [6.07, 6.45) is 1.81. The predicted octanol–water partition coefficient (Wildman–Crippen LogP) is 7.22. The molecule has 0 saturated heterocycles. The van der Waals surface area contributed by atoms with Crippen LogP contribution in [-0.2, 0) is 0 Å². The summed E-state index contributed by atoms with van der Waals surface area (Å²) in [4.78, 5) is 4.57. The van der Waals surface area contributed by atoms with Crippen LogP contribution in [0.25, 0.3) is 21.9 Å². The Balaban J connectivity index is 1.42. The van der Waals surface area contributed by atoms with E-state index in [0.29, 0.717) is 5.56 Å². The van der Waals surface area contributed by atoms with E-state index in [1.54, 1.807) is 12.1 Å². The topological polar surface area (TPSA) is 60.8 Å². The monoisotopic (exact) mass is 432 g/mol. The van der Waals surface area contributed by atoms with Crippen molar-refractivity contribution in [2.45, 2.75) is 0 Å². The lowest BCUT2D eigenvalue weighted by molar-refractivity contribution is 0.628. The van der Waals surface area contributed by atoms with Crippen molar-refractivity contribution in [3.63, 3.8) is 0 Å². The maximum atomic E-state index is 13.2. The zero-order valence-corrected chi connectivity index (χ0v) is 17.7. The molecule has 4 nitrogen and oxygen atoms in total. The molecule has 0 atom stereocenters. The molecule has 0 fully saturated rings. The number of nitrogens with one attached hydrogen (secondary N) is 3. The molecule has 0 aliphatic rings. The number of rotatable bonds is 5. The fourth-order valence-electron chi connectivity index (χ4n) is 3.82. The van der Waals surface area contributed by atoms with Crippen molar-refractivity contribution in [2.75, 3.05) is 10.6 Å². The molecule has 0 spiro atoms. The van der Waals surface area contributed by atoms with Crippen molar-refractivity contribution >= 4 is 33.8 Å². The van der Waals surface area contributed by atoms with Crippen LogP contribution < -0.4 is 10.6 Å². The molecule has 5 aromatic rings. The zero-order chi connectivity index (χ0) is 22.6. The van der Waals surface area contributed by atoms with Crippen molar-refractivity contribution in [1.29, 1.82) is 5.41 Å². The van der Waals surface area contributed by atoms with Crippen molar-refractivity contribution in [1.82, 2.24) is 4.98 Å². The van der Waals surface area contributed by atoms with Crippen LogP contribution in [0.5, 0.6) is 0 Å². The molecule has 1 aromatic heterocycles. The van der Waals surface area contributed by atoms with Gasteiger partial charge in [0.1, 0.15) is 17.5 Å². The van der Waals surface area contributed by atoms with Gasteiger partial charge in [0.2, 0.25) is 0 Å². The quantitative estimate of drug-likeness (QED) is 0.203. The summed E-state index contributed by atoms with van der Waals surface area (Å²) < 4.78 is 13.2. The van der Waals surface area contributed by atoms with E-state index in [9.17, 15) is 4.39 Å². The second kappa shape index (κ2) is 8.93. The highest BCUT2D eigenvalue weighted by Gasteiger charge is 2.09. The fourth-order valence-corrected chi connectivity index (χ4v) is 3.82. The Labute approximate surface area is 191 Å². The molecule has 4 aromatic carbocycles. The van der Waals surface area contributed by atoms with Gasteiger partial charge in [0.25, 0.3) is 0 Å². The Bertz CT molecular complexity index is 1430. The van der Waals surface area contributed by atoms with Gasteiger partial charge in [0.15, 0.2) is 0 Å². The largest absolute Gasteiger partial charge is 0.340 e. The van der Waals surface area contributed by atoms with Crippen LogP contribution in [0.1, 0.15) is 5.56 Å². The molecule has 0 aliphatic heterocycles. The van der Waals surface area contributed by atoms with E-state index in [1.807, 2.05) is 60.8 Å². The molecule has 0 unspecified atom stereocenters. The third-order valence-corrected chi connectivity index (χ3v) is 5.42. The number of benzene rings is 4. The molecule has 1 heterocycles. The molecule has 0 amide bonds. The average molecular weight is 433 g/mol. The number of halogens is 1. The first-order valence-electron chi connectivity index (χ1n) is 10.6. The van der Waals surface area contributed by atoms with Gasteiger partial charge in [0, 0.05) is 28.5 Å². The highest BCUT2D eigenvalue weighted by molar-refractivity contribution is 6.06. The molecule has 0 bridgehead atoms. The SMILES string of the molecule is N=C(Nc1cccc(Nc2nccc3c(-c4ccccc4)cccc23)c1)c1ccc(F)cc1. The lowest BCUT2D eigenvalue weighted by Gasteiger charge is -2.13. The maximum Gasteiger partial charge on any atom is 0.138 e.